The minimum Gasteiger partial charge on any atom is -0.490 e. The SMILES string of the molecule is C=CCOc1ccc(/C=N\NC(=O)c2cc3cc(Br)cc(I)c3o2)cc1OCC. The van der Waals surface area contributed by atoms with Crippen molar-refractivity contribution in [3.8, 4) is 11.5 Å². The lowest BCUT2D eigenvalue weighted by Crippen LogP contribution is -2.16. The third kappa shape index (κ3) is 5.39. The molecule has 0 bridgehead atoms. The van der Waals surface area contributed by atoms with E-state index in [1.807, 2.05) is 25.1 Å². The first kappa shape index (κ1) is 21.4. The largest absolute Gasteiger partial charge is 0.490 e. The van der Waals surface area contributed by atoms with Crippen molar-refractivity contribution in [3.05, 3.63) is 68.4 Å². The molecule has 1 aromatic heterocycles. The molecule has 0 saturated heterocycles. The summed E-state index contributed by atoms with van der Waals surface area (Å²) in [6.45, 7) is 6.42. The van der Waals surface area contributed by atoms with Gasteiger partial charge < -0.3 is 13.9 Å². The average Bonchev–Trinajstić information content (AvgIpc) is 3.12. The number of nitrogens with zero attached hydrogens (tertiary/aromatic N) is 1. The van der Waals surface area contributed by atoms with Crippen molar-refractivity contribution in [1.82, 2.24) is 5.43 Å². The minimum absolute atomic E-state index is 0.191. The highest BCUT2D eigenvalue weighted by Crippen LogP contribution is 2.29. The molecule has 6 nitrogen and oxygen atoms in total. The van der Waals surface area contributed by atoms with Gasteiger partial charge in [-0.05, 0) is 71.5 Å². The average molecular weight is 569 g/mol. The van der Waals surface area contributed by atoms with E-state index >= 15 is 0 Å². The number of rotatable bonds is 8. The zero-order valence-corrected chi connectivity index (χ0v) is 19.3. The van der Waals surface area contributed by atoms with Crippen molar-refractivity contribution in [3.63, 3.8) is 0 Å². The molecule has 0 spiro atoms. The zero-order chi connectivity index (χ0) is 20.8. The highest BCUT2D eigenvalue weighted by molar-refractivity contribution is 14.1. The van der Waals surface area contributed by atoms with E-state index in [0.717, 1.165) is 19.0 Å². The van der Waals surface area contributed by atoms with Crippen LogP contribution in [0.15, 0.2) is 63.0 Å². The predicted molar refractivity (Wildman–Crippen MR) is 125 cm³/mol. The Morgan fingerprint density at radius 3 is 2.86 bits per heavy atom. The van der Waals surface area contributed by atoms with E-state index in [9.17, 15) is 4.79 Å². The number of nitrogens with one attached hydrogen (secondary N) is 1. The summed E-state index contributed by atoms with van der Waals surface area (Å²) in [6.07, 6.45) is 3.19. The number of carbonyl (C=O) groups excluding carboxylic acids is 1. The van der Waals surface area contributed by atoms with E-state index in [1.165, 1.54) is 6.21 Å². The van der Waals surface area contributed by atoms with Gasteiger partial charge in [0, 0.05) is 9.86 Å². The fourth-order valence-electron chi connectivity index (χ4n) is 2.55. The second-order valence-corrected chi connectivity index (χ2v) is 7.93. The van der Waals surface area contributed by atoms with Crippen molar-refractivity contribution in [2.24, 2.45) is 5.10 Å². The number of benzene rings is 2. The first-order chi connectivity index (χ1) is 14.0. The van der Waals surface area contributed by atoms with Crippen LogP contribution in [0.2, 0.25) is 0 Å². The number of carbonyl (C=O) groups is 1. The maximum atomic E-state index is 12.4. The summed E-state index contributed by atoms with van der Waals surface area (Å²) < 4.78 is 18.7. The molecule has 1 amide bonds. The lowest BCUT2D eigenvalue weighted by atomic mass is 10.2. The van der Waals surface area contributed by atoms with Gasteiger partial charge in [0.25, 0.3) is 0 Å². The first-order valence-corrected chi connectivity index (χ1v) is 10.6. The Bertz CT molecular complexity index is 1080. The van der Waals surface area contributed by atoms with Crippen LogP contribution in [0.4, 0.5) is 0 Å². The summed E-state index contributed by atoms with van der Waals surface area (Å²) in [7, 11) is 0. The highest BCUT2D eigenvalue weighted by Gasteiger charge is 2.14. The third-order valence-corrected chi connectivity index (χ3v) is 5.02. The molecule has 150 valence electrons. The number of ether oxygens (including phenoxy) is 2. The van der Waals surface area contributed by atoms with Gasteiger partial charge in [0.2, 0.25) is 0 Å². The van der Waals surface area contributed by atoms with Crippen LogP contribution >= 0.6 is 38.5 Å². The third-order valence-electron chi connectivity index (χ3n) is 3.76. The molecule has 1 heterocycles. The van der Waals surface area contributed by atoms with Crippen LogP contribution in [0.3, 0.4) is 0 Å². The number of halogens is 2. The quantitative estimate of drug-likeness (QED) is 0.168. The van der Waals surface area contributed by atoms with Gasteiger partial charge in [0.1, 0.15) is 12.2 Å². The Hall–Kier alpha value is -2.33. The minimum atomic E-state index is -0.430. The maximum Gasteiger partial charge on any atom is 0.307 e. The molecule has 1 N–H and O–H groups in total. The van der Waals surface area contributed by atoms with Crippen LogP contribution in [-0.2, 0) is 0 Å². The molecule has 2 aromatic carbocycles. The fraction of sp³-hybridized carbons (Fsp3) is 0.143. The topological polar surface area (TPSA) is 73.1 Å². The van der Waals surface area contributed by atoms with E-state index in [1.54, 1.807) is 24.3 Å². The van der Waals surface area contributed by atoms with Gasteiger partial charge in [-0.25, -0.2) is 5.43 Å². The van der Waals surface area contributed by atoms with Crippen LogP contribution in [0.5, 0.6) is 11.5 Å². The number of hydrogen-bond donors (Lipinski definition) is 1. The molecular formula is C21H18BrIN2O4. The molecule has 0 saturated carbocycles. The molecule has 0 unspecified atom stereocenters. The molecule has 8 heteroatoms. The number of fused-ring (bicyclic) bond motifs is 1. The van der Waals surface area contributed by atoms with Crippen LogP contribution in [-0.4, -0.2) is 25.3 Å². The molecule has 29 heavy (non-hydrogen) atoms. The standard InChI is InChI=1S/C21H18BrIN2O4/c1-3-7-28-17-6-5-13(8-18(17)27-4-2)12-24-25-21(26)19-10-14-9-15(22)11-16(23)20(14)29-19/h3,5-6,8-12H,1,4,7H2,2H3,(H,25,26)/b24-12-. The molecule has 3 aromatic rings. The number of furan rings is 1. The molecular weight excluding hydrogens is 551 g/mol. The molecule has 3 rings (SSSR count). The van der Waals surface area contributed by atoms with Crippen molar-refractivity contribution in [2.75, 3.05) is 13.2 Å². The van der Waals surface area contributed by atoms with Gasteiger partial charge in [-0.3, -0.25) is 4.79 Å². The van der Waals surface area contributed by atoms with E-state index in [0.29, 0.717) is 30.3 Å². The number of hydrogen-bond acceptors (Lipinski definition) is 5. The summed E-state index contributed by atoms with van der Waals surface area (Å²) in [5.74, 6) is 0.981. The van der Waals surface area contributed by atoms with Crippen molar-refractivity contribution < 1.29 is 18.7 Å². The van der Waals surface area contributed by atoms with Gasteiger partial charge >= 0.3 is 5.91 Å². The Balaban J connectivity index is 1.72. The van der Waals surface area contributed by atoms with Gasteiger partial charge in [0.15, 0.2) is 17.3 Å². The smallest absolute Gasteiger partial charge is 0.307 e. The predicted octanol–water partition coefficient (Wildman–Crippen LogP) is 5.53. The Morgan fingerprint density at radius 2 is 2.10 bits per heavy atom. The Kier molecular flexibility index (Phi) is 7.32. The van der Waals surface area contributed by atoms with Gasteiger partial charge in [0.05, 0.1) is 16.4 Å². The van der Waals surface area contributed by atoms with Gasteiger partial charge in [-0.15, -0.1) is 0 Å². The van der Waals surface area contributed by atoms with Gasteiger partial charge in [-0.2, -0.15) is 5.10 Å². The first-order valence-electron chi connectivity index (χ1n) is 8.74. The van der Waals surface area contributed by atoms with Crippen LogP contribution < -0.4 is 14.9 Å². The van der Waals surface area contributed by atoms with Crippen LogP contribution in [0.1, 0.15) is 23.0 Å². The number of hydrazone groups is 1. The lowest BCUT2D eigenvalue weighted by Gasteiger charge is -2.11. The number of amides is 1. The van der Waals surface area contributed by atoms with Crippen molar-refractivity contribution in [1.29, 1.82) is 0 Å². The van der Waals surface area contributed by atoms with E-state index in [4.69, 9.17) is 13.9 Å². The summed E-state index contributed by atoms with van der Waals surface area (Å²) in [6, 6.07) is 10.9. The maximum absolute atomic E-state index is 12.4. The highest BCUT2D eigenvalue weighted by atomic mass is 127. The lowest BCUT2D eigenvalue weighted by molar-refractivity contribution is 0.0929. The molecule has 0 aliphatic carbocycles. The van der Waals surface area contributed by atoms with Gasteiger partial charge in [-0.1, -0.05) is 28.6 Å². The van der Waals surface area contributed by atoms with Crippen LogP contribution in [0.25, 0.3) is 11.0 Å². The monoisotopic (exact) mass is 568 g/mol. The normalized spacial score (nSPS) is 11.0. The molecule has 0 aliphatic heterocycles. The van der Waals surface area contributed by atoms with Crippen LogP contribution in [0, 0.1) is 3.57 Å². The summed E-state index contributed by atoms with van der Waals surface area (Å²) in [5.41, 5.74) is 3.90. The molecule has 0 fully saturated rings. The zero-order valence-electron chi connectivity index (χ0n) is 15.6. The summed E-state index contributed by atoms with van der Waals surface area (Å²) in [5, 5.41) is 4.85. The fourth-order valence-corrected chi connectivity index (χ4v) is 4.21. The second kappa shape index (κ2) is 9.93. The summed E-state index contributed by atoms with van der Waals surface area (Å²) >= 11 is 5.60. The van der Waals surface area contributed by atoms with E-state index < -0.39 is 5.91 Å². The molecule has 0 radical (unpaired) electrons. The van der Waals surface area contributed by atoms with Crippen molar-refractivity contribution in [2.45, 2.75) is 6.92 Å². The van der Waals surface area contributed by atoms with E-state index in [-0.39, 0.29) is 5.76 Å². The Labute approximate surface area is 190 Å². The Morgan fingerprint density at radius 1 is 1.28 bits per heavy atom. The molecule has 0 atom stereocenters. The summed E-state index contributed by atoms with van der Waals surface area (Å²) in [4.78, 5) is 12.4. The van der Waals surface area contributed by atoms with Crippen molar-refractivity contribution >= 4 is 61.6 Å². The van der Waals surface area contributed by atoms with E-state index in [2.05, 4.69) is 55.6 Å². The molecule has 0 aliphatic rings. The second-order valence-electron chi connectivity index (χ2n) is 5.85.